The number of hydrogen-bond acceptors (Lipinski definition) is 3. The molecule has 1 aliphatic rings. The van der Waals surface area contributed by atoms with E-state index in [-0.39, 0.29) is 12.0 Å². The lowest BCUT2D eigenvalue weighted by Gasteiger charge is -2.33. The molecule has 0 aliphatic carbocycles. The van der Waals surface area contributed by atoms with Crippen LogP contribution in [-0.2, 0) is 4.74 Å². The Morgan fingerprint density at radius 3 is 2.62 bits per heavy atom. The highest BCUT2D eigenvalue weighted by Gasteiger charge is 2.25. The Morgan fingerprint density at radius 2 is 1.90 bits per heavy atom. The van der Waals surface area contributed by atoms with Crippen LogP contribution in [-0.4, -0.2) is 35.5 Å². The summed E-state index contributed by atoms with van der Waals surface area (Å²) in [5.74, 6) is 0.0304. The first kappa shape index (κ1) is 14.2. The van der Waals surface area contributed by atoms with Crippen molar-refractivity contribution in [3.05, 3.63) is 64.4 Å². The molecule has 0 radical (unpaired) electrons. The minimum Gasteiger partial charge on any atom is -0.370 e. The molecule has 1 fully saturated rings. The van der Waals surface area contributed by atoms with E-state index >= 15 is 0 Å². The van der Waals surface area contributed by atoms with Crippen LogP contribution in [0.3, 0.4) is 0 Å². The van der Waals surface area contributed by atoms with Crippen LogP contribution >= 0.6 is 15.9 Å². The van der Waals surface area contributed by atoms with Gasteiger partial charge in [-0.2, -0.15) is 0 Å². The number of aromatic nitrogens is 1. The van der Waals surface area contributed by atoms with Crippen molar-refractivity contribution < 1.29 is 9.53 Å². The van der Waals surface area contributed by atoms with Crippen LogP contribution in [0.2, 0.25) is 0 Å². The van der Waals surface area contributed by atoms with Crippen molar-refractivity contribution in [2.45, 2.75) is 6.10 Å². The first-order valence-electron chi connectivity index (χ1n) is 6.80. The molecule has 2 aromatic rings. The van der Waals surface area contributed by atoms with Crippen molar-refractivity contribution in [1.82, 2.24) is 9.88 Å². The predicted octanol–water partition coefficient (Wildman–Crippen LogP) is 3.06. The van der Waals surface area contributed by atoms with E-state index < -0.39 is 0 Å². The zero-order valence-electron chi connectivity index (χ0n) is 11.4. The van der Waals surface area contributed by atoms with E-state index in [4.69, 9.17) is 4.74 Å². The smallest absolute Gasteiger partial charge is 0.254 e. The molecule has 1 aromatic heterocycles. The van der Waals surface area contributed by atoms with E-state index in [1.165, 1.54) is 0 Å². The van der Waals surface area contributed by atoms with Crippen molar-refractivity contribution in [2.75, 3.05) is 19.7 Å². The van der Waals surface area contributed by atoms with Crippen LogP contribution in [0.15, 0.2) is 53.3 Å². The van der Waals surface area contributed by atoms with Gasteiger partial charge in [-0.3, -0.25) is 9.78 Å². The van der Waals surface area contributed by atoms with E-state index in [0.717, 1.165) is 10.0 Å². The van der Waals surface area contributed by atoms with Gasteiger partial charge in [0.15, 0.2) is 0 Å². The Morgan fingerprint density at radius 1 is 1.19 bits per heavy atom. The predicted molar refractivity (Wildman–Crippen MR) is 83.0 cm³/mol. The second kappa shape index (κ2) is 6.37. The van der Waals surface area contributed by atoms with E-state index in [2.05, 4.69) is 20.9 Å². The van der Waals surface area contributed by atoms with Crippen LogP contribution in [0.5, 0.6) is 0 Å². The van der Waals surface area contributed by atoms with Gasteiger partial charge in [-0.05, 0) is 29.8 Å². The number of nitrogens with zero attached hydrogens (tertiary/aromatic N) is 2. The third kappa shape index (κ3) is 3.31. The summed E-state index contributed by atoms with van der Waals surface area (Å²) in [4.78, 5) is 18.2. The Hall–Kier alpha value is -1.72. The number of hydrogen-bond donors (Lipinski definition) is 0. The quantitative estimate of drug-likeness (QED) is 0.839. The van der Waals surface area contributed by atoms with Gasteiger partial charge < -0.3 is 9.64 Å². The summed E-state index contributed by atoms with van der Waals surface area (Å²) in [6.07, 6.45) is 3.21. The summed E-state index contributed by atoms with van der Waals surface area (Å²) in [6.45, 7) is 1.74. The minimum absolute atomic E-state index is 0.0304. The van der Waals surface area contributed by atoms with Crippen molar-refractivity contribution in [3.63, 3.8) is 0 Å². The van der Waals surface area contributed by atoms with Gasteiger partial charge in [0.05, 0.1) is 13.2 Å². The monoisotopic (exact) mass is 346 g/mol. The molecule has 0 saturated carbocycles. The molecule has 4 nitrogen and oxygen atoms in total. The summed E-state index contributed by atoms with van der Waals surface area (Å²) in [6, 6.07) is 11.5. The standard InChI is InChI=1S/C16H15BrN2O2/c17-14-3-1-12(2-4-14)15-11-19(9-10-21-15)16(20)13-5-7-18-8-6-13/h1-8,15H,9-11H2. The maximum absolute atomic E-state index is 12.5. The molecule has 2 heterocycles. The SMILES string of the molecule is O=C(c1ccncc1)N1CCOC(c2ccc(Br)cc2)C1. The average molecular weight is 347 g/mol. The highest BCUT2D eigenvalue weighted by Crippen LogP contribution is 2.24. The molecule has 5 heteroatoms. The summed E-state index contributed by atoms with van der Waals surface area (Å²) in [5.41, 5.74) is 1.76. The van der Waals surface area contributed by atoms with Crippen molar-refractivity contribution >= 4 is 21.8 Å². The third-order valence-electron chi connectivity index (χ3n) is 3.52. The molecule has 0 N–H and O–H groups in total. The van der Waals surface area contributed by atoms with Gasteiger partial charge in [-0.15, -0.1) is 0 Å². The first-order valence-corrected chi connectivity index (χ1v) is 7.60. The van der Waals surface area contributed by atoms with Crippen LogP contribution in [0, 0.1) is 0 Å². The maximum Gasteiger partial charge on any atom is 0.254 e. The Balaban J connectivity index is 1.74. The average Bonchev–Trinajstić information content (AvgIpc) is 2.56. The fourth-order valence-corrected chi connectivity index (χ4v) is 2.65. The Kier molecular flexibility index (Phi) is 4.31. The van der Waals surface area contributed by atoms with Crippen molar-refractivity contribution in [3.8, 4) is 0 Å². The maximum atomic E-state index is 12.5. The van der Waals surface area contributed by atoms with E-state index in [1.54, 1.807) is 24.5 Å². The zero-order valence-corrected chi connectivity index (χ0v) is 13.0. The van der Waals surface area contributed by atoms with Gasteiger partial charge in [0.25, 0.3) is 5.91 Å². The molecule has 1 amide bonds. The number of amides is 1. The second-order valence-corrected chi connectivity index (χ2v) is 5.81. The molecule has 108 valence electrons. The molecule has 3 rings (SSSR count). The number of ether oxygens (including phenoxy) is 1. The van der Waals surface area contributed by atoms with E-state index in [1.807, 2.05) is 29.2 Å². The molecule has 0 bridgehead atoms. The van der Waals surface area contributed by atoms with E-state index in [0.29, 0.717) is 25.3 Å². The largest absolute Gasteiger partial charge is 0.370 e. The summed E-state index contributed by atoms with van der Waals surface area (Å²) in [7, 11) is 0. The second-order valence-electron chi connectivity index (χ2n) is 4.90. The molecule has 1 aromatic carbocycles. The normalized spacial score (nSPS) is 18.5. The van der Waals surface area contributed by atoms with Crippen LogP contribution in [0.25, 0.3) is 0 Å². The number of morpholine rings is 1. The van der Waals surface area contributed by atoms with Gasteiger partial charge >= 0.3 is 0 Å². The van der Waals surface area contributed by atoms with Crippen molar-refractivity contribution in [1.29, 1.82) is 0 Å². The number of rotatable bonds is 2. The van der Waals surface area contributed by atoms with Gasteiger partial charge in [0.1, 0.15) is 6.10 Å². The molecular formula is C16H15BrN2O2. The summed E-state index contributed by atoms with van der Waals surface area (Å²) < 4.78 is 6.83. The number of halogens is 1. The first-order chi connectivity index (χ1) is 10.2. The van der Waals surface area contributed by atoms with Crippen LogP contribution < -0.4 is 0 Å². The molecular weight excluding hydrogens is 332 g/mol. The number of pyridine rings is 1. The van der Waals surface area contributed by atoms with Crippen LogP contribution in [0.4, 0.5) is 0 Å². The van der Waals surface area contributed by atoms with Gasteiger partial charge in [0, 0.05) is 29.0 Å². The molecule has 21 heavy (non-hydrogen) atoms. The lowest BCUT2D eigenvalue weighted by molar-refractivity contribution is -0.0228. The van der Waals surface area contributed by atoms with Crippen molar-refractivity contribution in [2.24, 2.45) is 0 Å². The summed E-state index contributed by atoms with van der Waals surface area (Å²) >= 11 is 3.42. The van der Waals surface area contributed by atoms with Crippen LogP contribution in [0.1, 0.15) is 22.0 Å². The van der Waals surface area contributed by atoms with Gasteiger partial charge in [0.2, 0.25) is 0 Å². The highest BCUT2D eigenvalue weighted by molar-refractivity contribution is 9.10. The molecule has 1 aliphatic heterocycles. The molecule has 0 spiro atoms. The lowest BCUT2D eigenvalue weighted by atomic mass is 10.1. The molecule has 1 unspecified atom stereocenters. The number of benzene rings is 1. The van der Waals surface area contributed by atoms with Gasteiger partial charge in [-0.1, -0.05) is 28.1 Å². The Bertz CT molecular complexity index is 616. The number of carbonyl (C=O) groups is 1. The topological polar surface area (TPSA) is 42.4 Å². The Labute approximate surface area is 131 Å². The fourth-order valence-electron chi connectivity index (χ4n) is 2.39. The zero-order chi connectivity index (χ0) is 14.7. The number of carbonyl (C=O) groups excluding carboxylic acids is 1. The molecule has 1 atom stereocenters. The highest BCUT2D eigenvalue weighted by atomic mass is 79.9. The lowest BCUT2D eigenvalue weighted by Crippen LogP contribution is -2.42. The fraction of sp³-hybridized carbons (Fsp3) is 0.250. The minimum atomic E-state index is -0.0716. The van der Waals surface area contributed by atoms with E-state index in [9.17, 15) is 4.79 Å². The third-order valence-corrected chi connectivity index (χ3v) is 4.05. The summed E-state index contributed by atoms with van der Waals surface area (Å²) in [5, 5.41) is 0. The molecule has 1 saturated heterocycles. The van der Waals surface area contributed by atoms with Gasteiger partial charge in [-0.25, -0.2) is 0 Å².